The summed E-state index contributed by atoms with van der Waals surface area (Å²) in [6, 6.07) is 0. The lowest BCUT2D eigenvalue weighted by molar-refractivity contribution is 0.497. The Kier molecular flexibility index (Phi) is 2.78. The SMILES string of the molecule is NC(N)=NN=C(N)S(=O)(=O)O. The average molecular weight is 181 g/mol. The van der Waals surface area contributed by atoms with Gasteiger partial charge >= 0.3 is 10.1 Å². The smallest absolute Gasteiger partial charge is 0.329 e. The summed E-state index contributed by atoms with van der Waals surface area (Å²) in [7, 11) is -4.49. The first-order valence-electron chi connectivity index (χ1n) is 2.23. The maximum atomic E-state index is 10.1. The van der Waals surface area contributed by atoms with E-state index in [-0.39, 0.29) is 0 Å². The molecule has 0 spiro atoms. The van der Waals surface area contributed by atoms with Crippen molar-refractivity contribution in [1.82, 2.24) is 0 Å². The number of nitrogens with two attached hydrogens (primary N) is 3. The average Bonchev–Trinajstić information content (AvgIpc) is 1.80. The minimum Gasteiger partial charge on any atom is -0.371 e. The normalized spacial score (nSPS) is 12.6. The molecule has 0 aliphatic rings. The molecule has 7 N–H and O–H groups in total. The van der Waals surface area contributed by atoms with Crippen LogP contribution in [-0.4, -0.2) is 24.1 Å². The van der Waals surface area contributed by atoms with Gasteiger partial charge in [0.15, 0.2) is 0 Å². The van der Waals surface area contributed by atoms with Crippen LogP contribution in [0, 0.1) is 0 Å². The van der Waals surface area contributed by atoms with Crippen molar-refractivity contribution >= 4 is 21.2 Å². The van der Waals surface area contributed by atoms with Gasteiger partial charge in [-0.3, -0.25) is 4.55 Å². The van der Waals surface area contributed by atoms with Gasteiger partial charge in [-0.05, 0) is 0 Å². The maximum Gasteiger partial charge on any atom is 0.329 e. The number of nitrogens with zero attached hydrogens (tertiary/aromatic N) is 2. The summed E-state index contributed by atoms with van der Waals surface area (Å²) in [4.78, 5) is 0. The molecule has 0 radical (unpaired) electrons. The van der Waals surface area contributed by atoms with Crippen molar-refractivity contribution in [3.05, 3.63) is 0 Å². The number of rotatable bonds is 1. The molecule has 0 aliphatic carbocycles. The van der Waals surface area contributed by atoms with Gasteiger partial charge in [0.1, 0.15) is 0 Å². The van der Waals surface area contributed by atoms with Crippen molar-refractivity contribution < 1.29 is 13.0 Å². The predicted octanol–water partition coefficient (Wildman–Crippen LogP) is -2.62. The molecule has 0 heterocycles. The first kappa shape index (κ1) is 9.65. The van der Waals surface area contributed by atoms with Gasteiger partial charge in [0.2, 0.25) is 5.96 Å². The summed E-state index contributed by atoms with van der Waals surface area (Å²) in [6.45, 7) is 0. The van der Waals surface area contributed by atoms with Crippen LogP contribution in [0.25, 0.3) is 0 Å². The quantitative estimate of drug-likeness (QED) is 0.150. The zero-order valence-electron chi connectivity index (χ0n) is 5.30. The van der Waals surface area contributed by atoms with Crippen LogP contribution >= 0.6 is 0 Å². The van der Waals surface area contributed by atoms with Gasteiger partial charge in [-0.1, -0.05) is 0 Å². The van der Waals surface area contributed by atoms with Gasteiger partial charge in [-0.25, -0.2) is 0 Å². The van der Waals surface area contributed by atoms with E-state index in [1.165, 1.54) is 0 Å². The molecule has 0 aliphatic heterocycles. The fourth-order valence-corrected chi connectivity index (χ4v) is 0.303. The molecule has 0 rings (SSSR count). The first-order chi connectivity index (χ1) is 4.84. The van der Waals surface area contributed by atoms with Crippen LogP contribution < -0.4 is 17.2 Å². The van der Waals surface area contributed by atoms with Crippen LogP contribution in [-0.2, 0) is 10.1 Å². The van der Waals surface area contributed by atoms with E-state index in [1.807, 2.05) is 0 Å². The third kappa shape index (κ3) is 4.11. The Bertz CT molecular complexity index is 285. The Labute approximate surface area is 62.5 Å². The summed E-state index contributed by atoms with van der Waals surface area (Å²) in [6.07, 6.45) is 0. The van der Waals surface area contributed by atoms with Crippen molar-refractivity contribution in [2.45, 2.75) is 0 Å². The Morgan fingerprint density at radius 3 is 1.91 bits per heavy atom. The maximum absolute atomic E-state index is 10.1. The van der Waals surface area contributed by atoms with Gasteiger partial charge in [0, 0.05) is 0 Å². The fourth-order valence-electron chi connectivity index (χ4n) is 0.159. The third-order valence-corrected chi connectivity index (χ3v) is 1.14. The van der Waals surface area contributed by atoms with E-state index in [1.54, 1.807) is 0 Å². The molecule has 8 nitrogen and oxygen atoms in total. The lowest BCUT2D eigenvalue weighted by Gasteiger charge is -1.90. The molecule has 0 aromatic heterocycles. The number of hydrogen-bond donors (Lipinski definition) is 4. The van der Waals surface area contributed by atoms with E-state index >= 15 is 0 Å². The minimum absolute atomic E-state index is 0.461. The Hall–Kier alpha value is -1.35. The molecule has 0 unspecified atom stereocenters. The molecule has 9 heteroatoms. The topological polar surface area (TPSA) is 157 Å². The largest absolute Gasteiger partial charge is 0.371 e. The van der Waals surface area contributed by atoms with Crippen molar-refractivity contribution in [2.75, 3.05) is 0 Å². The Morgan fingerprint density at radius 1 is 1.18 bits per heavy atom. The number of amidine groups is 1. The van der Waals surface area contributed by atoms with Crippen LogP contribution in [0.15, 0.2) is 10.2 Å². The minimum atomic E-state index is -4.49. The molecule has 0 bridgehead atoms. The molecule has 0 aromatic carbocycles. The van der Waals surface area contributed by atoms with Crippen molar-refractivity contribution in [2.24, 2.45) is 27.4 Å². The molecule has 0 saturated carbocycles. The van der Waals surface area contributed by atoms with Crippen molar-refractivity contribution in [3.8, 4) is 0 Å². The second-order valence-corrected chi connectivity index (χ2v) is 2.81. The Balaban J connectivity index is 4.64. The second-order valence-electron chi connectivity index (χ2n) is 1.44. The monoisotopic (exact) mass is 181 g/mol. The zero-order valence-corrected chi connectivity index (χ0v) is 6.11. The summed E-state index contributed by atoms with van der Waals surface area (Å²) in [5, 5.41) is 4.61. The summed E-state index contributed by atoms with van der Waals surface area (Å²) >= 11 is 0. The van der Waals surface area contributed by atoms with Gasteiger partial charge in [-0.15, -0.1) is 10.2 Å². The highest BCUT2D eigenvalue weighted by atomic mass is 32.2. The van der Waals surface area contributed by atoms with Gasteiger partial charge in [-0.2, -0.15) is 8.42 Å². The standard InChI is InChI=1S/C2H7N5O3S/c3-1(4)6-7-2(5)11(8,9)10/h(H2,5,7)(H4,3,4,6)(H,8,9,10). The highest BCUT2D eigenvalue weighted by Gasteiger charge is 2.09. The van der Waals surface area contributed by atoms with Crippen molar-refractivity contribution in [3.63, 3.8) is 0 Å². The van der Waals surface area contributed by atoms with Crippen LogP contribution in [0.1, 0.15) is 0 Å². The zero-order chi connectivity index (χ0) is 9.07. The van der Waals surface area contributed by atoms with E-state index in [4.69, 9.17) is 21.8 Å². The van der Waals surface area contributed by atoms with Crippen LogP contribution in [0.2, 0.25) is 0 Å². The number of hydrogen-bond acceptors (Lipinski definition) is 4. The third-order valence-electron chi connectivity index (χ3n) is 0.528. The van der Waals surface area contributed by atoms with Gasteiger partial charge < -0.3 is 17.2 Å². The van der Waals surface area contributed by atoms with Crippen LogP contribution in [0.4, 0.5) is 0 Å². The molecule has 0 amide bonds. The Morgan fingerprint density at radius 2 is 1.64 bits per heavy atom. The molecule has 0 atom stereocenters. The summed E-state index contributed by atoms with van der Waals surface area (Å²) in [5.74, 6) is -0.461. The molecule has 0 saturated heterocycles. The summed E-state index contributed by atoms with van der Waals surface area (Å²) in [5.41, 5.74) is 14.2. The van der Waals surface area contributed by atoms with E-state index in [0.717, 1.165) is 0 Å². The molecule has 64 valence electrons. The second kappa shape index (κ2) is 3.16. The van der Waals surface area contributed by atoms with E-state index in [2.05, 4.69) is 10.2 Å². The summed E-state index contributed by atoms with van der Waals surface area (Å²) < 4.78 is 28.3. The lowest BCUT2D eigenvalue weighted by Crippen LogP contribution is -2.25. The van der Waals surface area contributed by atoms with E-state index in [0.29, 0.717) is 0 Å². The molecule has 11 heavy (non-hydrogen) atoms. The fraction of sp³-hybridized carbons (Fsp3) is 0. The van der Waals surface area contributed by atoms with Crippen molar-refractivity contribution in [1.29, 1.82) is 0 Å². The molecular weight excluding hydrogens is 174 g/mol. The van der Waals surface area contributed by atoms with E-state index in [9.17, 15) is 8.42 Å². The molecule has 0 aromatic rings. The van der Waals surface area contributed by atoms with Crippen LogP contribution in [0.5, 0.6) is 0 Å². The lowest BCUT2D eigenvalue weighted by atomic mass is 11.1. The van der Waals surface area contributed by atoms with E-state index < -0.39 is 21.2 Å². The van der Waals surface area contributed by atoms with Crippen LogP contribution in [0.3, 0.4) is 0 Å². The number of guanidine groups is 1. The van der Waals surface area contributed by atoms with Gasteiger partial charge in [0.05, 0.1) is 0 Å². The predicted molar refractivity (Wildman–Crippen MR) is 39.0 cm³/mol. The van der Waals surface area contributed by atoms with Gasteiger partial charge in [0.25, 0.3) is 5.17 Å². The molecule has 0 fully saturated rings. The highest BCUT2D eigenvalue weighted by molar-refractivity contribution is 8.01. The highest BCUT2D eigenvalue weighted by Crippen LogP contribution is 1.82. The first-order valence-corrected chi connectivity index (χ1v) is 3.67. The molecular formula is C2H7N5O3S.